The van der Waals surface area contributed by atoms with E-state index in [2.05, 4.69) is 20.3 Å². The van der Waals surface area contributed by atoms with Crippen LogP contribution in [0.25, 0.3) is 0 Å². The minimum atomic E-state index is -0.412. The van der Waals surface area contributed by atoms with E-state index in [1.807, 2.05) is 0 Å². The third kappa shape index (κ3) is 4.51. The van der Waals surface area contributed by atoms with Gasteiger partial charge in [0.25, 0.3) is 0 Å². The summed E-state index contributed by atoms with van der Waals surface area (Å²) in [6, 6.07) is 6.65. The summed E-state index contributed by atoms with van der Waals surface area (Å²) in [5, 5.41) is 14.8. The van der Waals surface area contributed by atoms with Crippen molar-refractivity contribution >= 4 is 17.7 Å². The first-order chi connectivity index (χ1) is 12.6. The number of aliphatic hydroxyl groups is 1. The minimum Gasteiger partial charge on any atom is -0.465 e. The highest BCUT2D eigenvalue weighted by atomic mass is 16.5. The van der Waals surface area contributed by atoms with Crippen LogP contribution in [0.4, 0.5) is 10.5 Å². The number of carbonyl (C=O) groups excluding carboxylic acids is 2. The van der Waals surface area contributed by atoms with Gasteiger partial charge in [-0.3, -0.25) is 4.90 Å². The summed E-state index contributed by atoms with van der Waals surface area (Å²) < 4.78 is 10.4. The summed E-state index contributed by atoms with van der Waals surface area (Å²) in [5.74, 6) is -0.412. The number of esters is 1. The Morgan fingerprint density at radius 1 is 1.31 bits per heavy atom. The second kappa shape index (κ2) is 8.48. The van der Waals surface area contributed by atoms with Crippen LogP contribution in [0.15, 0.2) is 24.3 Å². The molecule has 2 aliphatic heterocycles. The lowest BCUT2D eigenvalue weighted by atomic mass is 10.1. The van der Waals surface area contributed by atoms with E-state index in [-0.39, 0.29) is 24.8 Å². The van der Waals surface area contributed by atoms with Crippen LogP contribution < -0.4 is 10.6 Å². The van der Waals surface area contributed by atoms with Gasteiger partial charge in [0.2, 0.25) is 0 Å². The summed E-state index contributed by atoms with van der Waals surface area (Å²) in [6.45, 7) is 2.34. The van der Waals surface area contributed by atoms with Crippen molar-refractivity contribution < 1.29 is 24.2 Å². The van der Waals surface area contributed by atoms with Crippen LogP contribution in [0.5, 0.6) is 0 Å². The molecule has 26 heavy (non-hydrogen) atoms. The molecule has 8 nitrogen and oxygen atoms in total. The molecular formula is C18H25N3O5. The number of carbonyl (C=O) groups is 2. The van der Waals surface area contributed by atoms with E-state index in [1.54, 1.807) is 24.3 Å². The summed E-state index contributed by atoms with van der Waals surface area (Å²) in [6.07, 6.45) is 1.56. The first-order valence-corrected chi connectivity index (χ1v) is 8.81. The van der Waals surface area contributed by atoms with Gasteiger partial charge in [-0.2, -0.15) is 0 Å². The van der Waals surface area contributed by atoms with Gasteiger partial charge in [0, 0.05) is 37.5 Å². The van der Waals surface area contributed by atoms with Crippen LogP contribution in [0, 0.1) is 0 Å². The molecule has 1 aromatic carbocycles. The fraction of sp³-hybridized carbons (Fsp3) is 0.556. The number of morpholine rings is 1. The van der Waals surface area contributed by atoms with E-state index in [0.29, 0.717) is 30.3 Å². The zero-order chi connectivity index (χ0) is 18.5. The fourth-order valence-corrected chi connectivity index (χ4v) is 3.53. The molecule has 3 atom stereocenters. The Balaban J connectivity index is 1.47. The first kappa shape index (κ1) is 18.6. The normalized spacial score (nSPS) is 25.4. The van der Waals surface area contributed by atoms with Gasteiger partial charge in [0.15, 0.2) is 0 Å². The molecule has 1 aromatic rings. The number of methoxy groups -OCH3 is 1. The number of benzene rings is 1. The smallest absolute Gasteiger partial charge is 0.337 e. The topological polar surface area (TPSA) is 100 Å². The van der Waals surface area contributed by atoms with Gasteiger partial charge in [0.1, 0.15) is 0 Å². The van der Waals surface area contributed by atoms with Gasteiger partial charge < -0.3 is 25.2 Å². The minimum absolute atomic E-state index is 0.0609. The van der Waals surface area contributed by atoms with E-state index < -0.39 is 5.97 Å². The van der Waals surface area contributed by atoms with Gasteiger partial charge >= 0.3 is 12.0 Å². The number of nitrogens with zero attached hydrogens (tertiary/aromatic N) is 1. The summed E-state index contributed by atoms with van der Waals surface area (Å²) >= 11 is 0. The highest BCUT2D eigenvalue weighted by Crippen LogP contribution is 2.24. The van der Waals surface area contributed by atoms with Crippen molar-refractivity contribution in [1.29, 1.82) is 0 Å². The van der Waals surface area contributed by atoms with Crippen LogP contribution in [-0.4, -0.2) is 73.6 Å². The average molecular weight is 363 g/mol. The zero-order valence-electron chi connectivity index (χ0n) is 14.8. The number of hydrogen-bond donors (Lipinski definition) is 3. The first-order valence-electron chi connectivity index (χ1n) is 8.81. The van der Waals surface area contributed by atoms with Crippen molar-refractivity contribution in [3.8, 4) is 0 Å². The number of fused-ring (bicyclic) bond motifs is 1. The molecule has 2 fully saturated rings. The standard InChI is InChI=1S/C18H25N3O5/c1-25-17(23)12-2-4-13(5-3-12)19-18(24)20-14-8-15-11-26-16(6-7-22)10-21(15)9-14/h2-5,14-16,22H,6-11H2,1H3,(H2,19,20,24)/t14-,15-,16-/m0/s1. The van der Waals surface area contributed by atoms with E-state index in [0.717, 1.165) is 19.5 Å². The molecule has 8 heteroatoms. The lowest BCUT2D eigenvalue weighted by Gasteiger charge is -2.34. The van der Waals surface area contributed by atoms with E-state index in [4.69, 9.17) is 9.84 Å². The van der Waals surface area contributed by atoms with Crippen LogP contribution in [-0.2, 0) is 9.47 Å². The predicted octanol–water partition coefficient (Wildman–Crippen LogP) is 0.819. The van der Waals surface area contributed by atoms with Gasteiger partial charge in [-0.05, 0) is 37.1 Å². The molecule has 2 aliphatic rings. The van der Waals surface area contributed by atoms with Crippen molar-refractivity contribution in [2.45, 2.75) is 31.0 Å². The number of nitrogens with one attached hydrogen (secondary N) is 2. The van der Waals surface area contributed by atoms with Crippen molar-refractivity contribution in [2.75, 3.05) is 38.7 Å². The monoisotopic (exact) mass is 363 g/mol. The maximum absolute atomic E-state index is 12.2. The van der Waals surface area contributed by atoms with Gasteiger partial charge in [-0.1, -0.05) is 0 Å². The molecule has 0 radical (unpaired) electrons. The summed E-state index contributed by atoms with van der Waals surface area (Å²) in [5.41, 5.74) is 1.04. The SMILES string of the molecule is COC(=O)c1ccc(NC(=O)N[C@H]2C[C@H]3CO[C@@H](CCO)CN3C2)cc1. The Morgan fingerprint density at radius 3 is 2.77 bits per heavy atom. The number of rotatable bonds is 5. The van der Waals surface area contributed by atoms with Crippen molar-refractivity contribution in [2.24, 2.45) is 0 Å². The highest BCUT2D eigenvalue weighted by molar-refractivity contribution is 5.92. The Bertz CT molecular complexity index is 636. The fourth-order valence-electron chi connectivity index (χ4n) is 3.53. The number of urea groups is 1. The number of hydrogen-bond acceptors (Lipinski definition) is 6. The maximum atomic E-state index is 12.2. The number of aliphatic hydroxyl groups excluding tert-OH is 1. The molecule has 0 aromatic heterocycles. The molecule has 3 N–H and O–H groups in total. The molecule has 0 unspecified atom stereocenters. The summed E-state index contributed by atoms with van der Waals surface area (Å²) in [7, 11) is 1.33. The third-order valence-electron chi connectivity index (χ3n) is 4.84. The average Bonchev–Trinajstić information content (AvgIpc) is 3.03. The van der Waals surface area contributed by atoms with Crippen molar-refractivity contribution in [3.05, 3.63) is 29.8 Å². The lowest BCUT2D eigenvalue weighted by Crippen LogP contribution is -2.46. The third-order valence-corrected chi connectivity index (χ3v) is 4.84. The molecule has 0 aliphatic carbocycles. The lowest BCUT2D eigenvalue weighted by molar-refractivity contribution is -0.0566. The Labute approximate surface area is 152 Å². The number of ether oxygens (including phenoxy) is 2. The van der Waals surface area contributed by atoms with Gasteiger partial charge in [0.05, 0.1) is 25.4 Å². The molecule has 0 saturated carbocycles. The highest BCUT2D eigenvalue weighted by Gasteiger charge is 2.37. The predicted molar refractivity (Wildman–Crippen MR) is 95.1 cm³/mol. The molecule has 0 bridgehead atoms. The molecule has 2 saturated heterocycles. The Morgan fingerprint density at radius 2 is 2.08 bits per heavy atom. The second-order valence-corrected chi connectivity index (χ2v) is 6.68. The Hall–Kier alpha value is -2.16. The van der Waals surface area contributed by atoms with Crippen molar-refractivity contribution in [3.63, 3.8) is 0 Å². The second-order valence-electron chi connectivity index (χ2n) is 6.68. The molecular weight excluding hydrogens is 338 g/mol. The van der Waals surface area contributed by atoms with E-state index in [1.165, 1.54) is 7.11 Å². The Kier molecular flexibility index (Phi) is 6.08. The molecule has 3 rings (SSSR count). The van der Waals surface area contributed by atoms with E-state index in [9.17, 15) is 9.59 Å². The van der Waals surface area contributed by atoms with Crippen LogP contribution in [0.3, 0.4) is 0 Å². The molecule has 0 spiro atoms. The van der Waals surface area contributed by atoms with Crippen LogP contribution in [0.1, 0.15) is 23.2 Å². The van der Waals surface area contributed by atoms with Crippen molar-refractivity contribution in [1.82, 2.24) is 10.2 Å². The van der Waals surface area contributed by atoms with Crippen LogP contribution >= 0.6 is 0 Å². The molecule has 142 valence electrons. The van der Waals surface area contributed by atoms with Crippen LogP contribution in [0.2, 0.25) is 0 Å². The summed E-state index contributed by atoms with van der Waals surface area (Å²) in [4.78, 5) is 26.0. The largest absolute Gasteiger partial charge is 0.465 e. The van der Waals surface area contributed by atoms with Gasteiger partial charge in [-0.15, -0.1) is 0 Å². The number of amides is 2. The zero-order valence-corrected chi connectivity index (χ0v) is 14.8. The quantitative estimate of drug-likeness (QED) is 0.670. The molecule has 2 amide bonds. The van der Waals surface area contributed by atoms with E-state index >= 15 is 0 Å². The maximum Gasteiger partial charge on any atom is 0.337 e. The molecule has 2 heterocycles. The number of anilines is 1. The van der Waals surface area contributed by atoms with Gasteiger partial charge in [-0.25, -0.2) is 9.59 Å².